The highest BCUT2D eigenvalue weighted by molar-refractivity contribution is 5.41. The van der Waals surface area contributed by atoms with Gasteiger partial charge in [-0.05, 0) is 25.0 Å². The van der Waals surface area contributed by atoms with Crippen LogP contribution in [0, 0.1) is 0 Å². The highest BCUT2D eigenvalue weighted by Crippen LogP contribution is 2.17. The molecule has 1 aliphatic heterocycles. The standard InChI is InChI=1S/C16H25N7/c1-21(2)16-17-8-5-15(20-16)19-13-6-10-23(11-7-13)12-14-4-9-18-22(14)3/h4-5,8-9,13H,6-7,10-12H2,1-3H3,(H,17,19,20). The van der Waals surface area contributed by atoms with Gasteiger partial charge in [0.15, 0.2) is 0 Å². The van der Waals surface area contributed by atoms with Crippen molar-refractivity contribution >= 4 is 11.8 Å². The largest absolute Gasteiger partial charge is 0.367 e. The number of hydrogen-bond acceptors (Lipinski definition) is 6. The lowest BCUT2D eigenvalue weighted by molar-refractivity contribution is 0.206. The zero-order chi connectivity index (χ0) is 16.2. The minimum Gasteiger partial charge on any atom is -0.367 e. The molecule has 124 valence electrons. The Bertz CT molecular complexity index is 629. The van der Waals surface area contributed by atoms with Crippen LogP contribution in [0.3, 0.4) is 0 Å². The molecule has 0 amide bonds. The van der Waals surface area contributed by atoms with Crippen LogP contribution in [0.25, 0.3) is 0 Å². The molecule has 3 heterocycles. The highest BCUT2D eigenvalue weighted by Gasteiger charge is 2.20. The molecule has 3 rings (SSSR count). The Morgan fingerprint density at radius 2 is 2.00 bits per heavy atom. The van der Waals surface area contributed by atoms with Crippen LogP contribution in [0.1, 0.15) is 18.5 Å². The van der Waals surface area contributed by atoms with Crippen LogP contribution in [0.5, 0.6) is 0 Å². The van der Waals surface area contributed by atoms with E-state index < -0.39 is 0 Å². The van der Waals surface area contributed by atoms with Crippen LogP contribution in [-0.2, 0) is 13.6 Å². The normalized spacial score (nSPS) is 16.5. The predicted octanol–water partition coefficient (Wildman–Crippen LogP) is 1.35. The van der Waals surface area contributed by atoms with E-state index in [2.05, 4.69) is 31.3 Å². The van der Waals surface area contributed by atoms with E-state index in [1.54, 1.807) is 0 Å². The molecule has 0 saturated carbocycles. The third-order valence-corrected chi connectivity index (χ3v) is 4.29. The summed E-state index contributed by atoms with van der Waals surface area (Å²) < 4.78 is 1.95. The van der Waals surface area contributed by atoms with Gasteiger partial charge in [-0.1, -0.05) is 0 Å². The first kappa shape index (κ1) is 15.7. The number of nitrogens with zero attached hydrogens (tertiary/aromatic N) is 6. The summed E-state index contributed by atoms with van der Waals surface area (Å²) in [5.74, 6) is 1.65. The number of likely N-dealkylation sites (tertiary alicyclic amines) is 1. The molecule has 1 aliphatic rings. The lowest BCUT2D eigenvalue weighted by Gasteiger charge is -2.32. The summed E-state index contributed by atoms with van der Waals surface area (Å²) in [4.78, 5) is 13.2. The molecule has 7 nitrogen and oxygen atoms in total. The third-order valence-electron chi connectivity index (χ3n) is 4.29. The van der Waals surface area contributed by atoms with Crippen molar-refractivity contribution in [3.05, 3.63) is 30.2 Å². The minimum atomic E-state index is 0.475. The van der Waals surface area contributed by atoms with Gasteiger partial charge in [0, 0.05) is 59.2 Å². The smallest absolute Gasteiger partial charge is 0.226 e. The quantitative estimate of drug-likeness (QED) is 0.899. The second-order valence-corrected chi connectivity index (χ2v) is 6.28. The number of aromatic nitrogens is 4. The van der Waals surface area contributed by atoms with Gasteiger partial charge in [-0.25, -0.2) is 4.98 Å². The van der Waals surface area contributed by atoms with Gasteiger partial charge in [0.2, 0.25) is 5.95 Å². The summed E-state index contributed by atoms with van der Waals surface area (Å²) in [5.41, 5.74) is 1.27. The lowest BCUT2D eigenvalue weighted by atomic mass is 10.0. The average molecular weight is 315 g/mol. The summed E-state index contributed by atoms with van der Waals surface area (Å²) in [6, 6.07) is 4.51. The van der Waals surface area contributed by atoms with E-state index in [-0.39, 0.29) is 0 Å². The summed E-state index contributed by atoms with van der Waals surface area (Å²) in [6.45, 7) is 3.16. The van der Waals surface area contributed by atoms with E-state index in [0.717, 1.165) is 44.2 Å². The van der Waals surface area contributed by atoms with Gasteiger partial charge in [-0.2, -0.15) is 10.1 Å². The van der Waals surface area contributed by atoms with Crippen molar-refractivity contribution in [2.45, 2.75) is 25.4 Å². The van der Waals surface area contributed by atoms with Crippen molar-refractivity contribution in [2.75, 3.05) is 37.4 Å². The van der Waals surface area contributed by atoms with E-state index in [0.29, 0.717) is 6.04 Å². The van der Waals surface area contributed by atoms with Crippen molar-refractivity contribution in [1.29, 1.82) is 0 Å². The van der Waals surface area contributed by atoms with Gasteiger partial charge >= 0.3 is 0 Å². The molecule has 0 spiro atoms. The highest BCUT2D eigenvalue weighted by atomic mass is 15.3. The Kier molecular flexibility index (Phi) is 4.76. The molecule has 0 radical (unpaired) electrons. The molecule has 23 heavy (non-hydrogen) atoms. The van der Waals surface area contributed by atoms with Crippen LogP contribution in [0.2, 0.25) is 0 Å². The summed E-state index contributed by atoms with van der Waals surface area (Å²) in [6.07, 6.45) is 5.92. The van der Waals surface area contributed by atoms with Crippen molar-refractivity contribution in [2.24, 2.45) is 7.05 Å². The second kappa shape index (κ2) is 6.95. The molecular formula is C16H25N7. The van der Waals surface area contributed by atoms with Crippen LogP contribution >= 0.6 is 0 Å². The zero-order valence-corrected chi connectivity index (χ0v) is 14.1. The Hall–Kier alpha value is -2.15. The first-order valence-corrected chi connectivity index (χ1v) is 8.08. The summed E-state index contributed by atoms with van der Waals surface area (Å²) >= 11 is 0. The maximum atomic E-state index is 4.54. The summed E-state index contributed by atoms with van der Waals surface area (Å²) in [5, 5.41) is 7.78. The Balaban J connectivity index is 1.51. The molecule has 7 heteroatoms. The van der Waals surface area contributed by atoms with Crippen LogP contribution in [-0.4, -0.2) is 57.9 Å². The van der Waals surface area contributed by atoms with Crippen LogP contribution in [0.15, 0.2) is 24.5 Å². The van der Waals surface area contributed by atoms with E-state index >= 15 is 0 Å². The van der Waals surface area contributed by atoms with Crippen LogP contribution in [0.4, 0.5) is 11.8 Å². The maximum Gasteiger partial charge on any atom is 0.226 e. The van der Waals surface area contributed by atoms with E-state index in [1.807, 2.05) is 49.2 Å². The fraction of sp³-hybridized carbons (Fsp3) is 0.562. The third kappa shape index (κ3) is 3.98. The van der Waals surface area contributed by atoms with Crippen molar-refractivity contribution in [3.8, 4) is 0 Å². The number of hydrogen-bond donors (Lipinski definition) is 1. The Morgan fingerprint density at radius 1 is 1.22 bits per heavy atom. The second-order valence-electron chi connectivity index (χ2n) is 6.28. The number of rotatable bonds is 5. The SMILES string of the molecule is CN(C)c1nccc(NC2CCN(Cc3ccnn3C)CC2)n1. The van der Waals surface area contributed by atoms with E-state index in [9.17, 15) is 0 Å². The molecule has 0 unspecified atom stereocenters. The lowest BCUT2D eigenvalue weighted by Crippen LogP contribution is -2.39. The number of aryl methyl sites for hydroxylation is 1. The average Bonchev–Trinajstić information content (AvgIpc) is 2.95. The molecular weight excluding hydrogens is 290 g/mol. The molecule has 0 aliphatic carbocycles. The molecule has 2 aromatic rings. The minimum absolute atomic E-state index is 0.475. The Labute approximate surface area is 137 Å². The van der Waals surface area contributed by atoms with Gasteiger partial charge in [0.05, 0.1) is 5.69 Å². The van der Waals surface area contributed by atoms with Crippen molar-refractivity contribution in [3.63, 3.8) is 0 Å². The van der Waals surface area contributed by atoms with Crippen molar-refractivity contribution in [1.82, 2.24) is 24.6 Å². The zero-order valence-electron chi connectivity index (χ0n) is 14.1. The van der Waals surface area contributed by atoms with Gasteiger partial charge in [-0.3, -0.25) is 9.58 Å². The first-order valence-electron chi connectivity index (χ1n) is 8.08. The molecule has 1 fully saturated rings. The molecule has 0 bridgehead atoms. The predicted molar refractivity (Wildman–Crippen MR) is 91.5 cm³/mol. The van der Waals surface area contributed by atoms with Crippen molar-refractivity contribution < 1.29 is 0 Å². The Morgan fingerprint density at radius 3 is 2.65 bits per heavy atom. The topological polar surface area (TPSA) is 62.1 Å². The number of nitrogens with one attached hydrogen (secondary N) is 1. The van der Waals surface area contributed by atoms with Gasteiger partial charge in [-0.15, -0.1) is 0 Å². The number of anilines is 2. The first-order chi connectivity index (χ1) is 11.1. The molecule has 0 atom stereocenters. The van der Waals surface area contributed by atoms with Gasteiger partial charge in [0.25, 0.3) is 0 Å². The maximum absolute atomic E-state index is 4.54. The molecule has 1 saturated heterocycles. The molecule has 0 aromatic carbocycles. The van der Waals surface area contributed by atoms with E-state index in [1.165, 1.54) is 5.69 Å². The fourth-order valence-electron chi connectivity index (χ4n) is 2.87. The number of piperidine rings is 1. The van der Waals surface area contributed by atoms with E-state index in [4.69, 9.17) is 0 Å². The van der Waals surface area contributed by atoms with Gasteiger partial charge in [0.1, 0.15) is 5.82 Å². The fourth-order valence-corrected chi connectivity index (χ4v) is 2.87. The monoisotopic (exact) mass is 315 g/mol. The summed E-state index contributed by atoms with van der Waals surface area (Å²) in [7, 11) is 5.91. The molecule has 1 N–H and O–H groups in total. The van der Waals surface area contributed by atoms with Crippen LogP contribution < -0.4 is 10.2 Å². The van der Waals surface area contributed by atoms with Gasteiger partial charge < -0.3 is 10.2 Å². The molecule has 2 aromatic heterocycles.